The van der Waals surface area contributed by atoms with Crippen molar-refractivity contribution in [2.75, 3.05) is 15.8 Å². The molecule has 0 fully saturated rings. The quantitative estimate of drug-likeness (QED) is 0.451. The SMILES string of the molecule is CCCS(=O)(=O)Nc1cc(F)c(F)c(C(=O)Nc2cnc3[nH]cc(Br)c3c2)c1F. The fraction of sp³-hybridized carbons (Fsp3) is 0.176. The zero-order valence-corrected chi connectivity index (χ0v) is 17.2. The van der Waals surface area contributed by atoms with Crippen LogP contribution in [0.2, 0.25) is 0 Å². The van der Waals surface area contributed by atoms with E-state index in [-0.39, 0.29) is 17.9 Å². The summed E-state index contributed by atoms with van der Waals surface area (Å²) in [6.07, 6.45) is 3.07. The molecule has 0 saturated heterocycles. The number of sulfonamides is 1. The Balaban J connectivity index is 1.97. The lowest BCUT2D eigenvalue weighted by Gasteiger charge is -2.13. The minimum absolute atomic E-state index is 0.0963. The minimum atomic E-state index is -3.99. The number of aromatic nitrogens is 2. The number of halogens is 4. The van der Waals surface area contributed by atoms with E-state index in [9.17, 15) is 26.4 Å². The molecule has 12 heteroatoms. The normalized spacial score (nSPS) is 11.6. The molecule has 0 saturated carbocycles. The molecule has 7 nitrogen and oxygen atoms in total. The molecule has 3 N–H and O–H groups in total. The van der Waals surface area contributed by atoms with E-state index in [2.05, 4.69) is 31.2 Å². The summed E-state index contributed by atoms with van der Waals surface area (Å²) in [6.45, 7) is 1.58. The van der Waals surface area contributed by atoms with Crippen LogP contribution in [0.1, 0.15) is 23.7 Å². The second-order valence-electron chi connectivity index (χ2n) is 6.04. The van der Waals surface area contributed by atoms with Gasteiger partial charge in [0, 0.05) is 22.1 Å². The van der Waals surface area contributed by atoms with E-state index in [0.29, 0.717) is 21.6 Å². The van der Waals surface area contributed by atoms with Gasteiger partial charge in [0.1, 0.15) is 11.2 Å². The Morgan fingerprint density at radius 2 is 1.97 bits per heavy atom. The van der Waals surface area contributed by atoms with Crippen LogP contribution in [0.15, 0.2) is 29.0 Å². The first kappa shape index (κ1) is 21.1. The number of fused-ring (bicyclic) bond motifs is 1. The highest BCUT2D eigenvalue weighted by Crippen LogP contribution is 2.28. The number of H-pyrrole nitrogens is 1. The number of rotatable bonds is 6. The molecular formula is C17H14BrF3N4O3S. The summed E-state index contributed by atoms with van der Waals surface area (Å²) in [5, 5.41) is 2.82. The van der Waals surface area contributed by atoms with Gasteiger partial charge >= 0.3 is 0 Å². The second kappa shape index (κ2) is 8.03. The first-order chi connectivity index (χ1) is 13.6. The summed E-state index contributed by atoms with van der Waals surface area (Å²) in [6, 6.07) is 1.83. The van der Waals surface area contributed by atoms with Crippen molar-refractivity contribution >= 4 is 54.3 Å². The van der Waals surface area contributed by atoms with Crippen LogP contribution < -0.4 is 10.0 Å². The van der Waals surface area contributed by atoms with Gasteiger partial charge in [-0.3, -0.25) is 9.52 Å². The number of hydrogen-bond donors (Lipinski definition) is 3. The van der Waals surface area contributed by atoms with Crippen LogP contribution in [-0.2, 0) is 10.0 Å². The third-order valence-electron chi connectivity index (χ3n) is 3.86. The molecule has 29 heavy (non-hydrogen) atoms. The van der Waals surface area contributed by atoms with Crippen molar-refractivity contribution in [3.8, 4) is 0 Å². The van der Waals surface area contributed by atoms with Crippen LogP contribution in [0.25, 0.3) is 11.0 Å². The highest BCUT2D eigenvalue weighted by atomic mass is 79.9. The molecule has 0 bridgehead atoms. The molecule has 0 radical (unpaired) electrons. The van der Waals surface area contributed by atoms with Crippen LogP contribution in [-0.4, -0.2) is 30.0 Å². The van der Waals surface area contributed by atoms with Crippen LogP contribution in [0.3, 0.4) is 0 Å². The molecule has 0 aliphatic heterocycles. The number of anilines is 2. The number of benzene rings is 1. The average Bonchev–Trinajstić information content (AvgIpc) is 3.00. The molecule has 154 valence electrons. The van der Waals surface area contributed by atoms with E-state index < -0.39 is 44.6 Å². The Morgan fingerprint density at radius 1 is 1.24 bits per heavy atom. The summed E-state index contributed by atoms with van der Waals surface area (Å²) in [7, 11) is -3.99. The Labute approximate surface area is 171 Å². The number of pyridine rings is 1. The topological polar surface area (TPSA) is 104 Å². The van der Waals surface area contributed by atoms with Crippen molar-refractivity contribution in [3.63, 3.8) is 0 Å². The first-order valence-corrected chi connectivity index (χ1v) is 10.7. The standard InChI is InChI=1S/C17H14BrF3N4O3S/c1-2-3-29(27,28)25-12-5-11(19)14(20)13(15(12)21)17(26)24-8-4-9-10(18)7-23-16(9)22-6-8/h4-7,25H,2-3H2,1H3,(H,22,23)(H,24,26). The Bertz CT molecular complexity index is 1210. The van der Waals surface area contributed by atoms with Gasteiger partial charge in [0.25, 0.3) is 5.91 Å². The number of nitrogens with one attached hydrogen (secondary N) is 3. The maximum absolute atomic E-state index is 14.7. The van der Waals surface area contributed by atoms with E-state index in [1.807, 2.05) is 4.72 Å². The summed E-state index contributed by atoms with van der Waals surface area (Å²) < 4.78 is 68.9. The molecule has 3 aromatic rings. The summed E-state index contributed by atoms with van der Waals surface area (Å²) >= 11 is 3.28. The van der Waals surface area contributed by atoms with E-state index in [1.165, 1.54) is 12.3 Å². The molecule has 1 aromatic carbocycles. The third kappa shape index (κ3) is 4.37. The van der Waals surface area contributed by atoms with Crippen molar-refractivity contribution in [2.24, 2.45) is 0 Å². The first-order valence-electron chi connectivity index (χ1n) is 8.25. The molecule has 0 atom stereocenters. The van der Waals surface area contributed by atoms with Crippen molar-refractivity contribution < 1.29 is 26.4 Å². The maximum atomic E-state index is 14.7. The van der Waals surface area contributed by atoms with Gasteiger partial charge in [-0.25, -0.2) is 26.6 Å². The van der Waals surface area contributed by atoms with Gasteiger partial charge in [0.05, 0.1) is 23.3 Å². The van der Waals surface area contributed by atoms with Crippen molar-refractivity contribution in [1.29, 1.82) is 0 Å². The van der Waals surface area contributed by atoms with E-state index in [0.717, 1.165) is 0 Å². The highest BCUT2D eigenvalue weighted by Gasteiger charge is 2.26. The molecule has 0 aliphatic rings. The number of hydrogen-bond acceptors (Lipinski definition) is 4. The molecule has 2 aromatic heterocycles. The summed E-state index contributed by atoms with van der Waals surface area (Å²) in [5.74, 6) is -6.51. The molecular weight excluding hydrogens is 477 g/mol. The number of carbonyl (C=O) groups excluding carboxylic acids is 1. The largest absolute Gasteiger partial charge is 0.345 e. The van der Waals surface area contributed by atoms with Crippen molar-refractivity contribution in [2.45, 2.75) is 13.3 Å². The predicted molar refractivity (Wildman–Crippen MR) is 106 cm³/mol. The lowest BCUT2D eigenvalue weighted by molar-refractivity contribution is 0.101. The second-order valence-corrected chi connectivity index (χ2v) is 8.74. The fourth-order valence-electron chi connectivity index (χ4n) is 2.60. The smallest absolute Gasteiger partial charge is 0.261 e. The van der Waals surface area contributed by atoms with Gasteiger partial charge in [0.2, 0.25) is 10.0 Å². The number of amides is 1. The number of aromatic amines is 1. The van der Waals surface area contributed by atoms with Crippen molar-refractivity contribution in [3.05, 3.63) is 52.0 Å². The van der Waals surface area contributed by atoms with Gasteiger partial charge < -0.3 is 10.3 Å². The minimum Gasteiger partial charge on any atom is -0.345 e. The summed E-state index contributed by atoms with van der Waals surface area (Å²) in [5.41, 5.74) is -1.51. The van der Waals surface area contributed by atoms with E-state index in [1.54, 1.807) is 13.1 Å². The van der Waals surface area contributed by atoms with Gasteiger partial charge in [-0.15, -0.1) is 0 Å². The third-order valence-corrected chi connectivity index (χ3v) is 5.99. The molecule has 0 aliphatic carbocycles. The van der Waals surface area contributed by atoms with Gasteiger partial charge in [-0.05, 0) is 28.4 Å². The average molecular weight is 491 g/mol. The van der Waals surface area contributed by atoms with Gasteiger partial charge in [-0.2, -0.15) is 0 Å². The Kier molecular flexibility index (Phi) is 5.85. The molecule has 3 rings (SSSR count). The maximum Gasteiger partial charge on any atom is 0.261 e. The zero-order valence-electron chi connectivity index (χ0n) is 14.8. The molecule has 0 unspecified atom stereocenters. The Morgan fingerprint density at radius 3 is 2.66 bits per heavy atom. The predicted octanol–water partition coefficient (Wildman–Crippen LogP) is 4.15. The van der Waals surface area contributed by atoms with Crippen LogP contribution in [0.4, 0.5) is 24.5 Å². The lowest BCUT2D eigenvalue weighted by atomic mass is 10.1. The lowest BCUT2D eigenvalue weighted by Crippen LogP contribution is -2.21. The van der Waals surface area contributed by atoms with Crippen molar-refractivity contribution in [1.82, 2.24) is 9.97 Å². The molecule has 1 amide bonds. The number of nitrogens with zero attached hydrogens (tertiary/aromatic N) is 1. The van der Waals surface area contributed by atoms with Crippen LogP contribution in [0.5, 0.6) is 0 Å². The zero-order chi connectivity index (χ0) is 21.3. The Hall–Kier alpha value is -2.60. The van der Waals surface area contributed by atoms with E-state index >= 15 is 0 Å². The fourth-order valence-corrected chi connectivity index (χ4v) is 4.14. The monoisotopic (exact) mass is 490 g/mol. The summed E-state index contributed by atoms with van der Waals surface area (Å²) in [4.78, 5) is 19.3. The number of carbonyl (C=O) groups is 1. The molecule has 0 spiro atoms. The van der Waals surface area contributed by atoms with Gasteiger partial charge in [-0.1, -0.05) is 6.92 Å². The van der Waals surface area contributed by atoms with Crippen LogP contribution >= 0.6 is 15.9 Å². The van der Waals surface area contributed by atoms with Crippen LogP contribution in [0, 0.1) is 17.5 Å². The highest BCUT2D eigenvalue weighted by molar-refractivity contribution is 9.10. The van der Waals surface area contributed by atoms with E-state index in [4.69, 9.17) is 0 Å². The molecule has 2 heterocycles. The van der Waals surface area contributed by atoms with Gasteiger partial charge in [0.15, 0.2) is 17.5 Å².